The Morgan fingerprint density at radius 3 is 0.920 bits per heavy atom. The van der Waals surface area contributed by atoms with E-state index in [1.54, 1.807) is 24.3 Å². The van der Waals surface area contributed by atoms with E-state index < -0.39 is 0 Å². The number of imide groups is 2. The van der Waals surface area contributed by atoms with E-state index in [0.717, 1.165) is 96.2 Å². The molecule has 2 saturated heterocycles. The van der Waals surface area contributed by atoms with Crippen LogP contribution in [0.3, 0.4) is 0 Å². The number of likely N-dealkylation sites (N-methyl/N-ethyl adjacent to an activating group) is 4. The molecule has 10 nitrogen and oxygen atoms in total. The molecule has 50 heavy (non-hydrogen) atoms. The number of amides is 4. The first kappa shape index (κ1) is 36.6. The van der Waals surface area contributed by atoms with E-state index >= 15 is 0 Å². The summed E-state index contributed by atoms with van der Waals surface area (Å²) >= 11 is 0. The first-order valence-corrected chi connectivity index (χ1v) is 19.4. The molecular formula is C40H62N6O4+4. The van der Waals surface area contributed by atoms with Crippen molar-refractivity contribution in [2.24, 2.45) is 0 Å². The van der Waals surface area contributed by atoms with Crippen molar-refractivity contribution in [2.45, 2.75) is 52.4 Å². The molecule has 10 heteroatoms. The maximum Gasteiger partial charge on any atom is 0.261 e. The second kappa shape index (κ2) is 14.1. The van der Waals surface area contributed by atoms with Crippen molar-refractivity contribution in [3.05, 3.63) is 46.5 Å². The molecule has 0 atom stereocenters. The first-order chi connectivity index (χ1) is 23.7. The Bertz CT molecular complexity index is 1460. The normalized spacial score (nSPS) is 29.7. The molecular weight excluding hydrogens is 628 g/mol. The zero-order valence-corrected chi connectivity index (χ0v) is 31.8. The zero-order valence-electron chi connectivity index (χ0n) is 31.8. The van der Waals surface area contributed by atoms with Crippen LogP contribution in [0.4, 0.5) is 0 Å². The molecule has 2 aromatic rings. The monoisotopic (exact) mass is 690 g/mol. The summed E-state index contributed by atoms with van der Waals surface area (Å²) in [5, 5.41) is 0.921. The third-order valence-electron chi connectivity index (χ3n) is 13.0. The highest BCUT2D eigenvalue weighted by Crippen LogP contribution is 2.38. The Labute approximate surface area is 299 Å². The van der Waals surface area contributed by atoms with Crippen molar-refractivity contribution in [1.82, 2.24) is 9.80 Å². The molecule has 0 aromatic heterocycles. The van der Waals surface area contributed by atoms with Crippen LogP contribution in [0, 0.1) is 0 Å². The summed E-state index contributed by atoms with van der Waals surface area (Å²) in [6.07, 6.45) is 6.44. The van der Waals surface area contributed by atoms with E-state index in [2.05, 4.69) is 42.0 Å². The number of hydrogen-bond donors (Lipinski definition) is 0. The minimum Gasteiger partial charge on any atom is -0.317 e. The lowest BCUT2D eigenvalue weighted by Gasteiger charge is -2.46. The second-order valence-electron chi connectivity index (χ2n) is 17.2. The Hall–Kier alpha value is -3.18. The molecule has 4 aliphatic heterocycles. The summed E-state index contributed by atoms with van der Waals surface area (Å²) in [7, 11) is 9.35. The van der Waals surface area contributed by atoms with E-state index in [1.807, 2.05) is 0 Å². The van der Waals surface area contributed by atoms with Gasteiger partial charge in [-0.05, 0) is 37.1 Å². The van der Waals surface area contributed by atoms with Gasteiger partial charge in [-0.2, -0.15) is 0 Å². The molecule has 0 radical (unpaired) electrons. The van der Waals surface area contributed by atoms with Crippen LogP contribution >= 0.6 is 0 Å². The number of unbranched alkanes of at least 4 members (excludes halogenated alkanes) is 2. The lowest BCUT2D eigenvalue weighted by atomic mass is 9.86. The summed E-state index contributed by atoms with van der Waals surface area (Å²) in [4.78, 5) is 58.1. The van der Waals surface area contributed by atoms with Crippen molar-refractivity contribution >= 4 is 34.4 Å². The number of carbonyl (C=O) groups excluding carboxylic acids is 4. The molecule has 0 unspecified atom stereocenters. The quantitative estimate of drug-likeness (QED) is 0.220. The van der Waals surface area contributed by atoms with Crippen LogP contribution < -0.4 is 0 Å². The average Bonchev–Trinajstić information content (AvgIpc) is 3.10. The number of quaternary nitrogens is 4. The molecule has 2 aromatic carbocycles. The van der Waals surface area contributed by atoms with Gasteiger partial charge in [-0.15, -0.1) is 0 Å². The van der Waals surface area contributed by atoms with Crippen molar-refractivity contribution in [1.29, 1.82) is 0 Å². The number of nitrogens with zero attached hydrogens (tertiary/aromatic N) is 6. The molecule has 272 valence electrons. The molecule has 4 heterocycles. The summed E-state index contributed by atoms with van der Waals surface area (Å²) in [5.74, 6) is -1.33. The van der Waals surface area contributed by atoms with Gasteiger partial charge in [0.1, 0.15) is 52.4 Å². The fraction of sp³-hybridized carbons (Fsp3) is 0.650. The third kappa shape index (κ3) is 7.01. The van der Waals surface area contributed by atoms with Crippen LogP contribution in [0.5, 0.6) is 0 Å². The van der Waals surface area contributed by atoms with Gasteiger partial charge in [-0.25, -0.2) is 0 Å². The smallest absolute Gasteiger partial charge is 0.261 e. The molecule has 0 bridgehead atoms. The zero-order chi connectivity index (χ0) is 35.9. The van der Waals surface area contributed by atoms with E-state index in [1.165, 1.54) is 48.6 Å². The van der Waals surface area contributed by atoms with E-state index in [9.17, 15) is 19.2 Å². The lowest BCUT2D eigenvalue weighted by Crippen LogP contribution is -2.64. The lowest BCUT2D eigenvalue weighted by molar-refractivity contribution is -1.02. The molecule has 0 aliphatic carbocycles. The highest BCUT2D eigenvalue weighted by atomic mass is 16.2. The maximum atomic E-state index is 13.8. The van der Waals surface area contributed by atoms with Crippen molar-refractivity contribution < 1.29 is 37.1 Å². The Morgan fingerprint density at radius 1 is 0.440 bits per heavy atom. The first-order valence-electron chi connectivity index (χ1n) is 19.4. The highest BCUT2D eigenvalue weighted by molar-refractivity contribution is 6.33. The van der Waals surface area contributed by atoms with Gasteiger partial charge in [0.25, 0.3) is 23.6 Å². The molecule has 4 amide bonds. The molecule has 6 rings (SSSR count). The van der Waals surface area contributed by atoms with Crippen molar-refractivity contribution in [3.63, 3.8) is 0 Å². The van der Waals surface area contributed by atoms with Crippen LogP contribution in [-0.4, -0.2) is 171 Å². The largest absolute Gasteiger partial charge is 0.317 e. The van der Waals surface area contributed by atoms with Gasteiger partial charge < -0.3 is 17.9 Å². The molecule has 2 fully saturated rings. The molecule has 4 aliphatic rings. The molecule has 0 spiro atoms. The van der Waals surface area contributed by atoms with E-state index in [-0.39, 0.29) is 23.6 Å². The van der Waals surface area contributed by atoms with Crippen LogP contribution in [-0.2, 0) is 0 Å². The van der Waals surface area contributed by atoms with E-state index in [4.69, 9.17) is 0 Å². The second-order valence-corrected chi connectivity index (χ2v) is 17.2. The highest BCUT2D eigenvalue weighted by Gasteiger charge is 2.42. The number of hydrogen-bond acceptors (Lipinski definition) is 4. The third-order valence-corrected chi connectivity index (χ3v) is 13.0. The minimum atomic E-state index is -0.332. The topological polar surface area (TPSA) is 74.8 Å². The summed E-state index contributed by atoms with van der Waals surface area (Å²) in [5.41, 5.74) is 1.62. The minimum absolute atomic E-state index is 0.332. The number of carbonyl (C=O) groups is 4. The summed E-state index contributed by atoms with van der Waals surface area (Å²) in [6.45, 7) is 18.5. The van der Waals surface area contributed by atoms with Gasteiger partial charge in [-0.1, -0.05) is 26.7 Å². The number of rotatable bonds is 14. The SMILES string of the molecule is CCCC[N+]1(C)CC[N+](C)(CCCN2C(=O)c3ccc4c5c(ccc(c35)C2=O)C(=O)N(CCC[N+]2(C)CC[N+](C)(CCCC)CC2)C4=O)CC1. The van der Waals surface area contributed by atoms with Gasteiger partial charge in [-0.3, -0.25) is 29.0 Å². The van der Waals surface area contributed by atoms with Crippen LogP contribution in [0.1, 0.15) is 93.8 Å². The van der Waals surface area contributed by atoms with Crippen molar-refractivity contribution in [3.8, 4) is 0 Å². The Balaban J connectivity index is 1.10. The van der Waals surface area contributed by atoms with Gasteiger partial charge in [0.15, 0.2) is 0 Å². The van der Waals surface area contributed by atoms with E-state index in [0.29, 0.717) is 46.1 Å². The molecule has 0 saturated carbocycles. The standard InChI is InChI=1S/C40H62N6O4/c1-7-9-19-43(3)23-27-45(5,28-24-43)21-11-17-41-37(47)31-13-15-33-36-34(16-14-32(35(31)36)38(41)48)40(50)42(39(33)49)18-12-22-46(6)29-25-44(4,26-30-46)20-10-8-2/h13-16H,7-12,17-30H2,1-6H3/q+4. The van der Waals surface area contributed by atoms with Gasteiger partial charge >= 0.3 is 0 Å². The van der Waals surface area contributed by atoms with Gasteiger partial charge in [0, 0.05) is 59.0 Å². The average molecular weight is 691 g/mol. The fourth-order valence-electron chi connectivity index (χ4n) is 8.95. The summed E-state index contributed by atoms with van der Waals surface area (Å²) in [6, 6.07) is 6.78. The van der Waals surface area contributed by atoms with Gasteiger partial charge in [0.05, 0.1) is 54.4 Å². The van der Waals surface area contributed by atoms with Gasteiger partial charge in [0.2, 0.25) is 0 Å². The fourth-order valence-corrected chi connectivity index (χ4v) is 8.95. The maximum absolute atomic E-state index is 13.8. The summed E-state index contributed by atoms with van der Waals surface area (Å²) < 4.78 is 4.20. The Morgan fingerprint density at radius 2 is 0.680 bits per heavy atom. The number of piperazine rings is 2. The number of benzene rings is 2. The predicted molar refractivity (Wildman–Crippen MR) is 197 cm³/mol. The van der Waals surface area contributed by atoms with Crippen molar-refractivity contribution in [2.75, 3.05) is 120 Å². The predicted octanol–water partition coefficient (Wildman–Crippen LogP) is 4.23. The molecule has 0 N–H and O–H groups in total. The van der Waals surface area contributed by atoms with Crippen LogP contribution in [0.2, 0.25) is 0 Å². The van der Waals surface area contributed by atoms with Crippen LogP contribution in [0.15, 0.2) is 24.3 Å². The van der Waals surface area contributed by atoms with Crippen LogP contribution in [0.25, 0.3) is 10.8 Å². The Kier molecular flexibility index (Phi) is 10.3.